The summed E-state index contributed by atoms with van der Waals surface area (Å²) in [5, 5.41) is 2.97. The van der Waals surface area contributed by atoms with E-state index >= 15 is 0 Å². The van der Waals surface area contributed by atoms with Crippen LogP contribution in [0.15, 0.2) is 43.0 Å². The average Bonchev–Trinajstić information content (AvgIpc) is 2.93. The first-order valence-electron chi connectivity index (χ1n) is 6.07. The van der Waals surface area contributed by atoms with Crippen LogP contribution in [0.2, 0.25) is 0 Å². The molecule has 1 aromatic carbocycles. The topological polar surface area (TPSA) is 46.9 Å². The van der Waals surface area contributed by atoms with E-state index in [0.29, 0.717) is 0 Å². The Balaban J connectivity index is 1.81. The molecule has 0 atom stereocenters. The van der Waals surface area contributed by atoms with Crippen molar-refractivity contribution in [2.24, 2.45) is 5.41 Å². The van der Waals surface area contributed by atoms with Crippen LogP contribution in [0.4, 0.5) is 5.69 Å². The number of aromatic nitrogens is 2. The number of amides is 1. The summed E-state index contributed by atoms with van der Waals surface area (Å²) in [6.07, 6.45) is 7.32. The zero-order chi connectivity index (χ0) is 12.6. The number of benzene rings is 1. The lowest BCUT2D eigenvalue weighted by Gasteiger charge is -2.11. The van der Waals surface area contributed by atoms with E-state index in [1.54, 1.807) is 12.5 Å². The summed E-state index contributed by atoms with van der Waals surface area (Å²) in [6, 6.07) is 7.77. The predicted molar refractivity (Wildman–Crippen MR) is 69.5 cm³/mol. The van der Waals surface area contributed by atoms with E-state index in [9.17, 15) is 4.79 Å². The van der Waals surface area contributed by atoms with Crippen LogP contribution >= 0.6 is 0 Å². The molecule has 1 heterocycles. The molecule has 1 fully saturated rings. The fourth-order valence-electron chi connectivity index (χ4n) is 1.85. The highest BCUT2D eigenvalue weighted by atomic mass is 16.2. The summed E-state index contributed by atoms with van der Waals surface area (Å²) in [4.78, 5) is 16.0. The lowest BCUT2D eigenvalue weighted by molar-refractivity contribution is -0.120. The lowest BCUT2D eigenvalue weighted by Crippen LogP contribution is -2.21. The van der Waals surface area contributed by atoms with Crippen molar-refractivity contribution in [2.45, 2.75) is 19.8 Å². The number of hydrogen-bond acceptors (Lipinski definition) is 2. The largest absolute Gasteiger partial charge is 0.326 e. The monoisotopic (exact) mass is 241 g/mol. The molecule has 3 rings (SSSR count). The van der Waals surface area contributed by atoms with Crippen LogP contribution in [-0.2, 0) is 4.79 Å². The molecule has 1 aliphatic carbocycles. The molecule has 0 aliphatic heterocycles. The first-order chi connectivity index (χ1) is 8.67. The first kappa shape index (κ1) is 11.0. The van der Waals surface area contributed by atoms with Crippen LogP contribution in [0.5, 0.6) is 0 Å². The van der Waals surface area contributed by atoms with Crippen molar-refractivity contribution in [3.05, 3.63) is 43.0 Å². The Morgan fingerprint density at radius 2 is 2.28 bits per heavy atom. The van der Waals surface area contributed by atoms with E-state index in [4.69, 9.17) is 0 Å². The number of carbonyl (C=O) groups excluding carboxylic acids is 1. The molecule has 92 valence electrons. The van der Waals surface area contributed by atoms with E-state index in [0.717, 1.165) is 24.2 Å². The van der Waals surface area contributed by atoms with Crippen molar-refractivity contribution < 1.29 is 4.79 Å². The predicted octanol–water partition coefficient (Wildman–Crippen LogP) is 2.61. The molecule has 4 nitrogen and oxygen atoms in total. The molecule has 0 spiro atoms. The summed E-state index contributed by atoms with van der Waals surface area (Å²) < 4.78 is 1.91. The summed E-state index contributed by atoms with van der Waals surface area (Å²) >= 11 is 0. The van der Waals surface area contributed by atoms with Gasteiger partial charge < -0.3 is 9.88 Å². The average molecular weight is 241 g/mol. The SMILES string of the molecule is CC1(C(=O)Nc2cccc(-n3ccnc3)c2)CC1. The van der Waals surface area contributed by atoms with Crippen LogP contribution in [0, 0.1) is 5.41 Å². The molecule has 1 N–H and O–H groups in total. The number of rotatable bonds is 3. The second-order valence-corrected chi connectivity index (χ2v) is 5.04. The lowest BCUT2D eigenvalue weighted by atomic mass is 10.1. The van der Waals surface area contributed by atoms with E-state index in [1.807, 2.05) is 42.0 Å². The highest BCUT2D eigenvalue weighted by Gasteiger charge is 2.44. The van der Waals surface area contributed by atoms with E-state index < -0.39 is 0 Å². The molecular formula is C14H15N3O. The number of carbonyl (C=O) groups is 1. The van der Waals surface area contributed by atoms with Gasteiger partial charge in [0.2, 0.25) is 5.91 Å². The van der Waals surface area contributed by atoms with E-state index in [-0.39, 0.29) is 11.3 Å². The zero-order valence-corrected chi connectivity index (χ0v) is 10.3. The van der Waals surface area contributed by atoms with Gasteiger partial charge in [-0.15, -0.1) is 0 Å². The molecule has 0 radical (unpaired) electrons. The molecule has 2 aromatic rings. The maximum atomic E-state index is 12.0. The summed E-state index contributed by atoms with van der Waals surface area (Å²) in [6.45, 7) is 2.00. The maximum absolute atomic E-state index is 12.0. The third kappa shape index (κ3) is 2.01. The van der Waals surface area contributed by atoms with Crippen molar-refractivity contribution in [2.75, 3.05) is 5.32 Å². The quantitative estimate of drug-likeness (QED) is 0.897. The standard InChI is InChI=1S/C14H15N3O/c1-14(5-6-14)13(18)16-11-3-2-4-12(9-11)17-8-7-15-10-17/h2-4,7-10H,5-6H2,1H3,(H,16,18). The van der Waals surface area contributed by atoms with Gasteiger partial charge in [0.15, 0.2) is 0 Å². The molecule has 18 heavy (non-hydrogen) atoms. The molecule has 1 amide bonds. The summed E-state index contributed by atoms with van der Waals surface area (Å²) in [5.74, 6) is 0.116. The van der Waals surface area contributed by atoms with Crippen LogP contribution in [-0.4, -0.2) is 15.5 Å². The number of anilines is 1. The maximum Gasteiger partial charge on any atom is 0.230 e. The van der Waals surface area contributed by atoms with Crippen molar-refractivity contribution >= 4 is 11.6 Å². The molecule has 1 aromatic heterocycles. The summed E-state index contributed by atoms with van der Waals surface area (Å²) in [7, 11) is 0. The van der Waals surface area contributed by atoms with Gasteiger partial charge in [-0.25, -0.2) is 4.98 Å². The second-order valence-electron chi connectivity index (χ2n) is 5.04. The smallest absolute Gasteiger partial charge is 0.230 e. The van der Waals surface area contributed by atoms with Crippen molar-refractivity contribution in [1.82, 2.24) is 9.55 Å². The summed E-state index contributed by atoms with van der Waals surface area (Å²) in [5.41, 5.74) is 1.68. The van der Waals surface area contributed by atoms with Crippen molar-refractivity contribution in [3.8, 4) is 5.69 Å². The highest BCUT2D eigenvalue weighted by Crippen LogP contribution is 2.45. The molecule has 1 saturated carbocycles. The van der Waals surface area contributed by atoms with Gasteiger partial charge in [0, 0.05) is 29.2 Å². The van der Waals surface area contributed by atoms with Gasteiger partial charge in [-0.3, -0.25) is 4.79 Å². The minimum atomic E-state index is -0.148. The normalized spacial score (nSPS) is 16.3. The van der Waals surface area contributed by atoms with Gasteiger partial charge in [0.25, 0.3) is 0 Å². The molecule has 0 unspecified atom stereocenters. The Kier molecular flexibility index (Phi) is 2.44. The molecular weight excluding hydrogens is 226 g/mol. The number of nitrogens with zero attached hydrogens (tertiary/aromatic N) is 2. The van der Waals surface area contributed by atoms with E-state index in [2.05, 4.69) is 10.3 Å². The molecule has 4 heteroatoms. The third-order valence-corrected chi connectivity index (χ3v) is 3.45. The van der Waals surface area contributed by atoms with Gasteiger partial charge in [-0.2, -0.15) is 0 Å². The van der Waals surface area contributed by atoms with Crippen LogP contribution in [0.1, 0.15) is 19.8 Å². The van der Waals surface area contributed by atoms with Crippen molar-refractivity contribution in [1.29, 1.82) is 0 Å². The number of hydrogen-bond donors (Lipinski definition) is 1. The van der Waals surface area contributed by atoms with Crippen LogP contribution < -0.4 is 5.32 Å². The van der Waals surface area contributed by atoms with Crippen molar-refractivity contribution in [3.63, 3.8) is 0 Å². The fourth-order valence-corrected chi connectivity index (χ4v) is 1.85. The van der Waals surface area contributed by atoms with Gasteiger partial charge in [0.05, 0.1) is 6.33 Å². The number of nitrogens with one attached hydrogen (secondary N) is 1. The Hall–Kier alpha value is -2.10. The van der Waals surface area contributed by atoms with Gasteiger partial charge in [-0.1, -0.05) is 13.0 Å². The number of imidazole rings is 1. The molecule has 0 saturated heterocycles. The Morgan fingerprint density at radius 1 is 1.44 bits per heavy atom. The highest BCUT2D eigenvalue weighted by molar-refractivity contribution is 5.97. The zero-order valence-electron chi connectivity index (χ0n) is 10.3. The van der Waals surface area contributed by atoms with E-state index in [1.165, 1.54) is 0 Å². The Bertz CT molecular complexity index is 570. The minimum Gasteiger partial charge on any atom is -0.326 e. The van der Waals surface area contributed by atoms with Crippen LogP contribution in [0.25, 0.3) is 5.69 Å². The molecule has 0 bridgehead atoms. The third-order valence-electron chi connectivity index (χ3n) is 3.45. The minimum absolute atomic E-state index is 0.116. The second kappa shape index (κ2) is 3.98. The van der Waals surface area contributed by atoms with Gasteiger partial charge in [0.1, 0.15) is 0 Å². The molecule has 1 aliphatic rings. The Labute approximate surface area is 106 Å². The van der Waals surface area contributed by atoms with Crippen LogP contribution in [0.3, 0.4) is 0 Å². The Morgan fingerprint density at radius 3 is 2.94 bits per heavy atom. The van der Waals surface area contributed by atoms with Gasteiger partial charge in [-0.05, 0) is 31.0 Å². The van der Waals surface area contributed by atoms with Gasteiger partial charge >= 0.3 is 0 Å². The fraction of sp³-hybridized carbons (Fsp3) is 0.286. The first-order valence-corrected chi connectivity index (χ1v) is 6.07.